The van der Waals surface area contributed by atoms with Crippen molar-refractivity contribution in [2.24, 2.45) is 0 Å². The Balaban J connectivity index is 1.71. The largest absolute Gasteiger partial charge is 0.353 e. The van der Waals surface area contributed by atoms with Crippen LogP contribution < -0.4 is 5.32 Å². The van der Waals surface area contributed by atoms with Gasteiger partial charge < -0.3 is 5.32 Å². The SMILES string of the molecule is CC[C@@H](C(=O)NC[C@@H](c1cccs1)n1cccn1)c1ccccc1. The van der Waals surface area contributed by atoms with Crippen LogP contribution in [0, 0.1) is 0 Å². The van der Waals surface area contributed by atoms with Gasteiger partial charge in [-0.2, -0.15) is 5.10 Å². The molecule has 0 unspecified atom stereocenters. The third-order valence-corrected chi connectivity index (χ3v) is 5.09. The van der Waals surface area contributed by atoms with Crippen LogP contribution in [0.3, 0.4) is 0 Å². The predicted octanol–water partition coefficient (Wildman–Crippen LogP) is 3.84. The van der Waals surface area contributed by atoms with Crippen molar-refractivity contribution in [2.75, 3.05) is 6.54 Å². The summed E-state index contributed by atoms with van der Waals surface area (Å²) < 4.78 is 1.90. The minimum atomic E-state index is -0.118. The van der Waals surface area contributed by atoms with Crippen molar-refractivity contribution < 1.29 is 4.79 Å². The van der Waals surface area contributed by atoms with E-state index >= 15 is 0 Å². The molecule has 2 atom stereocenters. The van der Waals surface area contributed by atoms with Gasteiger partial charge in [0, 0.05) is 23.8 Å². The van der Waals surface area contributed by atoms with E-state index in [-0.39, 0.29) is 17.9 Å². The summed E-state index contributed by atoms with van der Waals surface area (Å²) in [5.41, 5.74) is 1.06. The second kappa shape index (κ2) is 7.93. The van der Waals surface area contributed by atoms with Gasteiger partial charge in [0.25, 0.3) is 0 Å². The zero-order valence-electron chi connectivity index (χ0n) is 13.6. The number of aromatic nitrogens is 2. The van der Waals surface area contributed by atoms with E-state index in [1.165, 1.54) is 4.88 Å². The van der Waals surface area contributed by atoms with Gasteiger partial charge in [-0.15, -0.1) is 11.3 Å². The van der Waals surface area contributed by atoms with E-state index in [1.54, 1.807) is 17.5 Å². The van der Waals surface area contributed by atoms with Crippen molar-refractivity contribution in [3.63, 3.8) is 0 Å². The van der Waals surface area contributed by atoms with Crippen molar-refractivity contribution >= 4 is 17.2 Å². The number of nitrogens with one attached hydrogen (secondary N) is 1. The summed E-state index contributed by atoms with van der Waals surface area (Å²) >= 11 is 1.68. The van der Waals surface area contributed by atoms with E-state index in [2.05, 4.69) is 16.5 Å². The van der Waals surface area contributed by atoms with Gasteiger partial charge in [0.1, 0.15) is 6.04 Å². The van der Waals surface area contributed by atoms with Gasteiger partial charge in [0.05, 0.1) is 5.92 Å². The van der Waals surface area contributed by atoms with Crippen LogP contribution in [-0.2, 0) is 4.79 Å². The number of nitrogens with zero attached hydrogens (tertiary/aromatic N) is 2. The smallest absolute Gasteiger partial charge is 0.227 e. The summed E-state index contributed by atoms with van der Waals surface area (Å²) in [7, 11) is 0. The topological polar surface area (TPSA) is 46.9 Å². The highest BCUT2D eigenvalue weighted by Gasteiger charge is 2.21. The molecule has 0 aliphatic carbocycles. The lowest BCUT2D eigenvalue weighted by atomic mass is 9.95. The van der Waals surface area contributed by atoms with E-state index in [0.717, 1.165) is 12.0 Å². The molecular formula is C19H21N3OS. The number of carbonyl (C=O) groups is 1. The predicted molar refractivity (Wildman–Crippen MR) is 97.2 cm³/mol. The third kappa shape index (κ3) is 3.74. The normalized spacial score (nSPS) is 13.4. The Morgan fingerprint density at radius 3 is 2.67 bits per heavy atom. The molecule has 4 nitrogen and oxygen atoms in total. The maximum absolute atomic E-state index is 12.7. The average molecular weight is 339 g/mol. The second-order valence-corrected chi connectivity index (χ2v) is 6.61. The third-order valence-electron chi connectivity index (χ3n) is 4.11. The number of hydrogen-bond donors (Lipinski definition) is 1. The fourth-order valence-corrected chi connectivity index (χ4v) is 3.67. The minimum absolute atomic E-state index is 0.0252. The van der Waals surface area contributed by atoms with Crippen LogP contribution in [-0.4, -0.2) is 22.2 Å². The first kappa shape index (κ1) is 16.5. The molecule has 124 valence electrons. The molecule has 0 saturated carbocycles. The molecule has 2 aromatic heterocycles. The number of thiophene rings is 1. The van der Waals surface area contributed by atoms with Crippen LogP contribution in [0.1, 0.15) is 35.7 Å². The first-order valence-electron chi connectivity index (χ1n) is 8.14. The molecule has 3 aromatic rings. The van der Waals surface area contributed by atoms with Gasteiger partial charge in [-0.1, -0.05) is 43.3 Å². The monoisotopic (exact) mass is 339 g/mol. The highest BCUT2D eigenvalue weighted by Crippen LogP contribution is 2.23. The molecule has 0 radical (unpaired) electrons. The zero-order chi connectivity index (χ0) is 16.8. The molecule has 2 heterocycles. The molecule has 3 rings (SSSR count). The molecule has 0 saturated heterocycles. The van der Waals surface area contributed by atoms with Gasteiger partial charge in [-0.05, 0) is 29.5 Å². The highest BCUT2D eigenvalue weighted by molar-refractivity contribution is 7.10. The van der Waals surface area contributed by atoms with Gasteiger partial charge in [-0.3, -0.25) is 9.48 Å². The first-order valence-corrected chi connectivity index (χ1v) is 9.02. The molecule has 0 spiro atoms. The molecule has 0 aliphatic rings. The highest BCUT2D eigenvalue weighted by atomic mass is 32.1. The van der Waals surface area contributed by atoms with Crippen molar-refractivity contribution in [3.05, 3.63) is 76.7 Å². The molecule has 1 N–H and O–H groups in total. The Kier molecular flexibility index (Phi) is 5.43. The minimum Gasteiger partial charge on any atom is -0.353 e. The molecule has 0 bridgehead atoms. The van der Waals surface area contributed by atoms with E-state index in [0.29, 0.717) is 6.54 Å². The van der Waals surface area contributed by atoms with Crippen molar-refractivity contribution in [1.82, 2.24) is 15.1 Å². The molecule has 24 heavy (non-hydrogen) atoms. The summed E-state index contributed by atoms with van der Waals surface area (Å²) in [4.78, 5) is 13.9. The van der Waals surface area contributed by atoms with Crippen molar-refractivity contribution in [2.45, 2.75) is 25.3 Å². The fraction of sp³-hybridized carbons (Fsp3) is 0.263. The molecule has 5 heteroatoms. The molecule has 1 aromatic carbocycles. The van der Waals surface area contributed by atoms with Gasteiger partial charge in [-0.25, -0.2) is 0 Å². The van der Waals surface area contributed by atoms with E-state index in [4.69, 9.17) is 0 Å². The van der Waals surface area contributed by atoms with E-state index < -0.39 is 0 Å². The van der Waals surface area contributed by atoms with Gasteiger partial charge in [0.15, 0.2) is 0 Å². The van der Waals surface area contributed by atoms with Crippen LogP contribution in [0.2, 0.25) is 0 Å². The number of hydrogen-bond acceptors (Lipinski definition) is 3. The number of benzene rings is 1. The molecule has 0 aliphatic heterocycles. The fourth-order valence-electron chi connectivity index (χ4n) is 2.85. The average Bonchev–Trinajstić information content (AvgIpc) is 3.31. The maximum Gasteiger partial charge on any atom is 0.227 e. The van der Waals surface area contributed by atoms with Crippen molar-refractivity contribution in [3.8, 4) is 0 Å². The molecular weight excluding hydrogens is 318 g/mol. The Bertz CT molecular complexity index is 704. The lowest BCUT2D eigenvalue weighted by molar-refractivity contribution is -0.122. The Morgan fingerprint density at radius 1 is 1.21 bits per heavy atom. The Hall–Kier alpha value is -2.40. The van der Waals surface area contributed by atoms with Crippen LogP contribution >= 0.6 is 11.3 Å². The molecule has 1 amide bonds. The summed E-state index contributed by atoms with van der Waals surface area (Å²) in [6.45, 7) is 2.58. The van der Waals surface area contributed by atoms with Crippen molar-refractivity contribution in [1.29, 1.82) is 0 Å². The summed E-state index contributed by atoms with van der Waals surface area (Å²) in [6, 6.07) is 16.0. The summed E-state index contributed by atoms with van der Waals surface area (Å²) in [5, 5.41) is 9.51. The number of rotatable bonds is 7. The summed E-state index contributed by atoms with van der Waals surface area (Å²) in [6.07, 6.45) is 4.48. The quantitative estimate of drug-likeness (QED) is 0.711. The summed E-state index contributed by atoms with van der Waals surface area (Å²) in [5.74, 6) is -0.0507. The van der Waals surface area contributed by atoms with Crippen LogP contribution in [0.15, 0.2) is 66.3 Å². The van der Waals surface area contributed by atoms with E-state index in [1.807, 2.05) is 65.6 Å². The van der Waals surface area contributed by atoms with Crippen LogP contribution in [0.4, 0.5) is 0 Å². The maximum atomic E-state index is 12.7. The lowest BCUT2D eigenvalue weighted by Gasteiger charge is -2.20. The standard InChI is InChI=1S/C19H21N3OS/c1-2-16(15-8-4-3-5-9-15)19(23)20-14-17(18-10-6-13-24-18)22-12-7-11-21-22/h3-13,16-17H,2,14H2,1H3,(H,20,23)/t16-,17+/m1/s1. The van der Waals surface area contributed by atoms with E-state index in [9.17, 15) is 4.79 Å². The second-order valence-electron chi connectivity index (χ2n) is 5.63. The Labute approximate surface area is 146 Å². The Morgan fingerprint density at radius 2 is 2.04 bits per heavy atom. The number of carbonyl (C=O) groups excluding carboxylic acids is 1. The zero-order valence-corrected chi connectivity index (χ0v) is 14.4. The van der Waals surface area contributed by atoms with Crippen LogP contribution in [0.5, 0.6) is 0 Å². The van der Waals surface area contributed by atoms with Gasteiger partial charge >= 0.3 is 0 Å². The van der Waals surface area contributed by atoms with Crippen LogP contribution in [0.25, 0.3) is 0 Å². The lowest BCUT2D eigenvalue weighted by Crippen LogP contribution is -2.34. The first-order chi connectivity index (χ1) is 11.8. The number of amides is 1. The van der Waals surface area contributed by atoms with Gasteiger partial charge in [0.2, 0.25) is 5.91 Å². The molecule has 0 fully saturated rings.